The van der Waals surface area contributed by atoms with Crippen LogP contribution in [0.25, 0.3) is 0 Å². The molecule has 0 radical (unpaired) electrons. The summed E-state index contributed by atoms with van der Waals surface area (Å²) in [6, 6.07) is 31.2. The summed E-state index contributed by atoms with van der Waals surface area (Å²) in [7, 11) is 8.72. The topological polar surface area (TPSA) is 126 Å². The Bertz CT molecular complexity index is 2910. The van der Waals surface area contributed by atoms with Crippen molar-refractivity contribution in [3.8, 4) is 23.0 Å². The van der Waals surface area contributed by atoms with Gasteiger partial charge in [0.05, 0.1) is 52.9 Å². The van der Waals surface area contributed by atoms with E-state index in [0.29, 0.717) is 104 Å². The highest BCUT2D eigenvalue weighted by Gasteiger charge is 2.38. The average Bonchev–Trinajstić information content (AvgIpc) is 3.85. The number of nitrogens with one attached hydrogen (secondary N) is 1. The molecule has 78 heavy (non-hydrogen) atoms. The van der Waals surface area contributed by atoms with Crippen LogP contribution >= 0.6 is 21.6 Å². The number of carbonyl (C=O) groups excluding carboxylic acids is 2. The molecule has 0 spiro atoms. The zero-order chi connectivity index (χ0) is 54.8. The SMILES string of the molecule is COCCOCCOCCN(CC(C)(C)SSCC(C)C)c1cc(COc2cc3c(cc2OC)C(=O)C(C)C2Cc4ccccc4C[C@H]2/C=N\3)cc(COc2cc3c(cc2OC)C(=O)CCC2c4ccccc4C[C@H]2CN3)c1. The lowest BCUT2D eigenvalue weighted by Crippen LogP contribution is -2.38. The van der Waals surface area contributed by atoms with Crippen LogP contribution in [0.2, 0.25) is 0 Å². The molecule has 5 aromatic rings. The van der Waals surface area contributed by atoms with Crippen LogP contribution in [0, 0.1) is 29.6 Å². The largest absolute Gasteiger partial charge is 0.493 e. The van der Waals surface area contributed by atoms with Crippen molar-refractivity contribution in [1.82, 2.24) is 0 Å². The van der Waals surface area contributed by atoms with Gasteiger partial charge in [-0.2, -0.15) is 0 Å². The smallest absolute Gasteiger partial charge is 0.168 e. The molecule has 4 aliphatic rings. The van der Waals surface area contributed by atoms with Crippen LogP contribution in [0.1, 0.15) is 107 Å². The third-order valence-corrected chi connectivity index (χ3v) is 19.3. The normalized spacial score (nSPS) is 20.0. The molecule has 0 fully saturated rings. The number of carbonyl (C=O) groups is 2. The molecule has 2 heterocycles. The molecule has 2 aliphatic heterocycles. The lowest BCUT2D eigenvalue weighted by atomic mass is 9.69. The zero-order valence-electron chi connectivity index (χ0n) is 46.9. The molecule has 12 nitrogen and oxygen atoms in total. The van der Waals surface area contributed by atoms with Gasteiger partial charge in [0.25, 0.3) is 0 Å². The first kappa shape index (κ1) is 57.2. The van der Waals surface area contributed by atoms with E-state index in [1.54, 1.807) is 27.4 Å². The molecule has 1 N–H and O–H groups in total. The summed E-state index contributed by atoms with van der Waals surface area (Å²) in [6.07, 6.45) is 6.01. The molecule has 0 saturated heterocycles. The van der Waals surface area contributed by atoms with E-state index >= 15 is 0 Å². The van der Waals surface area contributed by atoms with Gasteiger partial charge in [0.1, 0.15) is 13.2 Å². The van der Waals surface area contributed by atoms with E-state index in [9.17, 15) is 9.59 Å². The molecule has 9 rings (SSSR count). The minimum absolute atomic E-state index is 0.0673. The molecular weight excluding hydrogens is 1020 g/mol. The van der Waals surface area contributed by atoms with Crippen LogP contribution in [0.4, 0.5) is 17.1 Å². The Morgan fingerprint density at radius 1 is 0.744 bits per heavy atom. The maximum absolute atomic E-state index is 14.4. The Balaban J connectivity index is 1.01. The predicted octanol–water partition coefficient (Wildman–Crippen LogP) is 13.1. The fourth-order valence-electron chi connectivity index (χ4n) is 11.6. The second kappa shape index (κ2) is 26.6. The first-order valence-corrected chi connectivity index (χ1v) is 30.2. The number of nitrogens with zero attached hydrogens (tertiary/aromatic N) is 2. The number of fused-ring (bicyclic) bond motifs is 7. The summed E-state index contributed by atoms with van der Waals surface area (Å²) in [5, 5.41) is 3.69. The van der Waals surface area contributed by atoms with Crippen LogP contribution < -0.4 is 29.2 Å². The van der Waals surface area contributed by atoms with Gasteiger partial charge in [0, 0.05) is 96.3 Å². The van der Waals surface area contributed by atoms with Crippen molar-refractivity contribution in [3.63, 3.8) is 0 Å². The molecule has 2 aliphatic carbocycles. The van der Waals surface area contributed by atoms with E-state index in [4.69, 9.17) is 38.2 Å². The molecule has 14 heteroatoms. The number of hydrogen-bond donors (Lipinski definition) is 1. The average molecular weight is 1100 g/mol. The van der Waals surface area contributed by atoms with Gasteiger partial charge in [-0.05, 0) is 127 Å². The second-order valence-corrected chi connectivity index (χ2v) is 25.4. The number of Topliss-reactive ketones (excluding diaryl/α,β-unsaturated/α-hetero) is 2. The van der Waals surface area contributed by atoms with Gasteiger partial charge in [-0.25, -0.2) is 0 Å². The van der Waals surface area contributed by atoms with Gasteiger partial charge in [0.15, 0.2) is 34.6 Å². The third kappa shape index (κ3) is 14.1. The Kier molecular flexibility index (Phi) is 19.5. The lowest BCUT2D eigenvalue weighted by Gasteiger charge is -2.35. The van der Waals surface area contributed by atoms with Crippen molar-refractivity contribution in [1.29, 1.82) is 0 Å². The van der Waals surface area contributed by atoms with Crippen LogP contribution in [0.5, 0.6) is 23.0 Å². The fraction of sp³-hybridized carbons (Fsp3) is 0.484. The minimum Gasteiger partial charge on any atom is -0.493 e. The molecule has 3 unspecified atom stereocenters. The first-order valence-electron chi connectivity index (χ1n) is 27.8. The Labute approximate surface area is 470 Å². The Hall–Kier alpha value is -5.51. The summed E-state index contributed by atoms with van der Waals surface area (Å²) < 4.78 is 42.4. The molecular formula is C64H79N3O9S2. The molecule has 0 amide bonds. The lowest BCUT2D eigenvalue weighted by molar-refractivity contribution is 0.0264. The molecule has 0 bridgehead atoms. The van der Waals surface area contributed by atoms with Gasteiger partial charge in [0.2, 0.25) is 0 Å². The number of anilines is 2. The van der Waals surface area contributed by atoms with E-state index in [1.165, 1.54) is 22.3 Å². The number of hydrogen-bond acceptors (Lipinski definition) is 14. The highest BCUT2D eigenvalue weighted by molar-refractivity contribution is 8.77. The summed E-state index contributed by atoms with van der Waals surface area (Å²) in [4.78, 5) is 35.8. The van der Waals surface area contributed by atoms with Gasteiger partial charge >= 0.3 is 0 Å². The standard InChI is InChI=1S/C64H79N3O9S2/c1-41(2)39-77-78-64(4,5)40-67(19-20-73-23-24-74-22-21-70-6)50-26-43(37-75-61-33-56-54(31-59(61)71-7)58(68)18-17-52-48(35-65-56)29-47-15-11-12-16-51(47)52)25-44(27-50)38-76-62-34-57-55(32-60(62)72-8)63(69)42(3)53-30-46-14-10-9-13-45(46)28-49(53)36-66-57/h9-16,25-27,31-34,36,41-42,48-49,52-53,65H,17-24,28-30,35,37-40H2,1-8H3/b66-36-/t42?,48-,49-,52?,53?/m0/s1. The number of aliphatic imine (C=N–C) groups is 1. The highest BCUT2D eigenvalue weighted by Crippen LogP contribution is 2.46. The number of methoxy groups -OCH3 is 3. The number of benzene rings is 5. The van der Waals surface area contributed by atoms with E-state index < -0.39 is 0 Å². The number of rotatable bonds is 24. The van der Waals surface area contributed by atoms with Crippen LogP contribution in [-0.4, -0.2) is 102 Å². The van der Waals surface area contributed by atoms with E-state index in [1.807, 2.05) is 39.8 Å². The van der Waals surface area contributed by atoms with Crippen molar-refractivity contribution in [3.05, 3.63) is 136 Å². The summed E-state index contributed by atoms with van der Waals surface area (Å²) in [5.41, 5.74) is 10.7. The van der Waals surface area contributed by atoms with E-state index in [-0.39, 0.29) is 47.3 Å². The molecule has 5 atom stereocenters. The maximum Gasteiger partial charge on any atom is 0.168 e. The van der Waals surface area contributed by atoms with Crippen molar-refractivity contribution >= 4 is 56.4 Å². The van der Waals surface area contributed by atoms with Crippen LogP contribution in [-0.2, 0) is 46.7 Å². The van der Waals surface area contributed by atoms with E-state index in [0.717, 1.165) is 67.0 Å². The van der Waals surface area contributed by atoms with Gasteiger partial charge in [-0.1, -0.05) is 90.9 Å². The fourth-order valence-corrected chi connectivity index (χ4v) is 14.6. The van der Waals surface area contributed by atoms with Crippen LogP contribution in [0.3, 0.4) is 0 Å². The summed E-state index contributed by atoms with van der Waals surface area (Å²) >= 11 is 0. The Morgan fingerprint density at radius 2 is 1.40 bits per heavy atom. The molecule has 5 aromatic carbocycles. The second-order valence-electron chi connectivity index (χ2n) is 22.4. The minimum atomic E-state index is -0.203. The van der Waals surface area contributed by atoms with Crippen LogP contribution in [0.15, 0.2) is 96.0 Å². The maximum atomic E-state index is 14.4. The van der Waals surface area contributed by atoms with Crippen molar-refractivity contribution in [2.24, 2.45) is 34.6 Å². The van der Waals surface area contributed by atoms with Crippen molar-refractivity contribution in [2.45, 2.75) is 90.6 Å². The van der Waals surface area contributed by atoms with Gasteiger partial charge < -0.3 is 43.4 Å². The molecule has 0 aromatic heterocycles. The Morgan fingerprint density at radius 3 is 2.10 bits per heavy atom. The van der Waals surface area contributed by atoms with Gasteiger partial charge in [-0.15, -0.1) is 0 Å². The molecule has 0 saturated carbocycles. The highest BCUT2D eigenvalue weighted by atomic mass is 33.1. The molecule has 416 valence electrons. The summed E-state index contributed by atoms with van der Waals surface area (Å²) in [6.45, 7) is 16.2. The van der Waals surface area contributed by atoms with E-state index in [2.05, 4.69) is 118 Å². The van der Waals surface area contributed by atoms with Crippen molar-refractivity contribution in [2.75, 3.05) is 90.0 Å². The van der Waals surface area contributed by atoms with Crippen molar-refractivity contribution < 1.29 is 42.7 Å². The van der Waals surface area contributed by atoms with Gasteiger partial charge in [-0.3, -0.25) is 14.6 Å². The quantitative estimate of drug-likeness (QED) is 0.0466. The predicted molar refractivity (Wildman–Crippen MR) is 317 cm³/mol. The zero-order valence-corrected chi connectivity index (χ0v) is 48.5. The first-order chi connectivity index (χ1) is 37.8. The third-order valence-electron chi connectivity index (χ3n) is 15.7. The number of ketones is 2. The summed E-state index contributed by atoms with van der Waals surface area (Å²) in [5.74, 6) is 4.61. The monoisotopic (exact) mass is 1100 g/mol. The number of ether oxygens (including phenoxy) is 7.